The van der Waals surface area contributed by atoms with Gasteiger partial charge in [0.2, 0.25) is 0 Å². The number of rotatable bonds is 6. The fourth-order valence-electron chi connectivity index (χ4n) is 3.00. The zero-order chi connectivity index (χ0) is 21.5. The Labute approximate surface area is 185 Å². The van der Waals surface area contributed by atoms with Crippen molar-refractivity contribution in [2.24, 2.45) is 5.16 Å². The van der Waals surface area contributed by atoms with Crippen LogP contribution in [0.15, 0.2) is 102 Å². The number of nitrogens with zero attached hydrogens (tertiary/aromatic N) is 2. The molecule has 152 valence electrons. The highest BCUT2D eigenvalue weighted by Crippen LogP contribution is 2.29. The largest absolute Gasteiger partial charge is 0.357 e. The number of hydrogen-bond acceptors (Lipinski definition) is 4. The van der Waals surface area contributed by atoms with E-state index in [1.807, 2.05) is 78.9 Å². The van der Waals surface area contributed by atoms with E-state index >= 15 is 0 Å². The van der Waals surface area contributed by atoms with Gasteiger partial charge in [-0.15, -0.1) is 0 Å². The van der Waals surface area contributed by atoms with Crippen LogP contribution in [0.5, 0.6) is 5.75 Å². The van der Waals surface area contributed by atoms with Gasteiger partial charge in [0, 0.05) is 17.4 Å². The zero-order valence-corrected chi connectivity index (χ0v) is 17.2. The molecule has 1 aromatic heterocycles. The second-order valence-electron chi connectivity index (χ2n) is 6.61. The first-order valence-electron chi connectivity index (χ1n) is 9.57. The van der Waals surface area contributed by atoms with E-state index in [-0.39, 0.29) is 11.1 Å². The maximum absolute atomic E-state index is 12.7. The van der Waals surface area contributed by atoms with Gasteiger partial charge in [0.25, 0.3) is 5.91 Å². The van der Waals surface area contributed by atoms with Gasteiger partial charge in [-0.05, 0) is 47.5 Å². The van der Waals surface area contributed by atoms with Crippen LogP contribution in [-0.2, 0) is 0 Å². The van der Waals surface area contributed by atoms with Crippen molar-refractivity contribution < 1.29 is 9.63 Å². The van der Waals surface area contributed by atoms with E-state index in [0.717, 1.165) is 16.7 Å². The van der Waals surface area contributed by atoms with Gasteiger partial charge < -0.3 is 10.2 Å². The third-order valence-electron chi connectivity index (χ3n) is 4.48. The van der Waals surface area contributed by atoms with Crippen molar-refractivity contribution in [2.75, 3.05) is 5.32 Å². The average molecular weight is 428 g/mol. The Morgan fingerprint density at radius 2 is 1.74 bits per heavy atom. The lowest BCUT2D eigenvalue weighted by atomic mass is 10.0. The smallest absolute Gasteiger partial charge is 0.258 e. The van der Waals surface area contributed by atoms with Gasteiger partial charge in [0.05, 0.1) is 11.8 Å². The highest BCUT2D eigenvalue weighted by atomic mass is 35.5. The molecule has 4 aromatic rings. The molecule has 6 heteroatoms. The number of anilines is 1. The first kappa shape index (κ1) is 20.3. The van der Waals surface area contributed by atoms with E-state index in [2.05, 4.69) is 15.5 Å². The first-order valence-corrected chi connectivity index (χ1v) is 9.95. The van der Waals surface area contributed by atoms with Gasteiger partial charge in [0.15, 0.2) is 5.75 Å². The van der Waals surface area contributed by atoms with Crippen LogP contribution in [0.4, 0.5) is 5.69 Å². The monoisotopic (exact) mass is 427 g/mol. The van der Waals surface area contributed by atoms with Gasteiger partial charge in [-0.25, -0.2) is 4.98 Å². The summed E-state index contributed by atoms with van der Waals surface area (Å²) in [6.07, 6.45) is 3.19. The summed E-state index contributed by atoms with van der Waals surface area (Å²) >= 11 is 6.06. The van der Waals surface area contributed by atoms with Crippen molar-refractivity contribution in [2.45, 2.75) is 0 Å². The van der Waals surface area contributed by atoms with Gasteiger partial charge >= 0.3 is 0 Å². The number of carbonyl (C=O) groups excluding carboxylic acids is 1. The summed E-state index contributed by atoms with van der Waals surface area (Å²) in [5.41, 5.74) is 3.65. The van der Waals surface area contributed by atoms with Crippen molar-refractivity contribution in [3.63, 3.8) is 0 Å². The lowest BCUT2D eigenvalue weighted by Gasteiger charge is -2.12. The molecule has 4 rings (SSSR count). The molecule has 0 unspecified atom stereocenters. The summed E-state index contributed by atoms with van der Waals surface area (Å²) in [6.45, 7) is 0. The highest BCUT2D eigenvalue weighted by molar-refractivity contribution is 6.33. The molecule has 0 spiro atoms. The maximum atomic E-state index is 12.7. The Bertz CT molecular complexity index is 1230. The molecule has 1 heterocycles. The number of amides is 1. The summed E-state index contributed by atoms with van der Waals surface area (Å²) in [7, 11) is 0. The lowest BCUT2D eigenvalue weighted by molar-refractivity contribution is 0.102. The number of benzene rings is 3. The Hall–Kier alpha value is -3.96. The minimum atomic E-state index is -0.320. The van der Waals surface area contributed by atoms with Crippen LogP contribution in [0, 0.1) is 0 Å². The molecular formula is C25H18ClN3O2. The summed E-state index contributed by atoms with van der Waals surface area (Å²) < 4.78 is 0. The van der Waals surface area contributed by atoms with E-state index in [4.69, 9.17) is 16.4 Å². The second-order valence-corrected chi connectivity index (χ2v) is 6.96. The van der Waals surface area contributed by atoms with Crippen LogP contribution in [0.2, 0.25) is 5.15 Å². The van der Waals surface area contributed by atoms with Crippen LogP contribution >= 0.6 is 11.6 Å². The number of oxime groups is 1. The van der Waals surface area contributed by atoms with Crippen molar-refractivity contribution in [1.82, 2.24) is 4.98 Å². The van der Waals surface area contributed by atoms with E-state index in [9.17, 15) is 4.79 Å². The molecular weight excluding hydrogens is 410 g/mol. The molecule has 1 N–H and O–H groups in total. The van der Waals surface area contributed by atoms with Gasteiger partial charge in [-0.2, -0.15) is 0 Å². The molecule has 31 heavy (non-hydrogen) atoms. The van der Waals surface area contributed by atoms with Crippen LogP contribution in [0.1, 0.15) is 15.9 Å². The molecule has 0 radical (unpaired) electrons. The number of para-hydroxylation sites is 2. The van der Waals surface area contributed by atoms with E-state index in [0.29, 0.717) is 17.0 Å². The minimum absolute atomic E-state index is 0.161. The van der Waals surface area contributed by atoms with E-state index < -0.39 is 0 Å². The molecule has 1 amide bonds. The maximum Gasteiger partial charge on any atom is 0.258 e. The molecule has 0 aliphatic carbocycles. The Morgan fingerprint density at radius 3 is 2.58 bits per heavy atom. The van der Waals surface area contributed by atoms with Crippen LogP contribution < -0.4 is 10.2 Å². The summed E-state index contributed by atoms with van der Waals surface area (Å²) in [5, 5.41) is 7.14. The molecule has 0 saturated heterocycles. The molecule has 3 aromatic carbocycles. The highest BCUT2D eigenvalue weighted by Gasteiger charge is 2.13. The lowest BCUT2D eigenvalue weighted by Crippen LogP contribution is -2.13. The minimum Gasteiger partial charge on any atom is -0.357 e. The van der Waals surface area contributed by atoms with Crippen LogP contribution in [0.25, 0.3) is 11.1 Å². The van der Waals surface area contributed by atoms with E-state index in [1.54, 1.807) is 24.5 Å². The number of carbonyl (C=O) groups is 1. The third kappa shape index (κ3) is 5.15. The molecule has 0 saturated carbocycles. The van der Waals surface area contributed by atoms with Gasteiger partial charge in [-0.3, -0.25) is 4.79 Å². The fourth-order valence-corrected chi connectivity index (χ4v) is 3.21. The van der Waals surface area contributed by atoms with Crippen molar-refractivity contribution in [3.8, 4) is 16.9 Å². The molecule has 0 bridgehead atoms. The molecule has 5 nitrogen and oxygen atoms in total. The third-order valence-corrected chi connectivity index (χ3v) is 4.78. The van der Waals surface area contributed by atoms with Crippen LogP contribution in [-0.4, -0.2) is 17.1 Å². The molecule has 0 aliphatic rings. The number of nitrogens with one attached hydrogen (secondary N) is 1. The fraction of sp³-hybridized carbons (Fsp3) is 0. The molecule has 0 aliphatic heterocycles. The quantitative estimate of drug-likeness (QED) is 0.231. The predicted octanol–water partition coefficient (Wildman–Crippen LogP) is 6.07. The van der Waals surface area contributed by atoms with E-state index in [1.165, 1.54) is 0 Å². The number of hydrogen-bond donors (Lipinski definition) is 1. The molecule has 0 fully saturated rings. The summed E-state index contributed by atoms with van der Waals surface area (Å²) in [4.78, 5) is 22.0. The normalized spacial score (nSPS) is 10.7. The topological polar surface area (TPSA) is 63.6 Å². The summed E-state index contributed by atoms with van der Waals surface area (Å²) in [5.74, 6) is 0.344. The number of aromatic nitrogens is 1. The molecule has 0 atom stereocenters. The van der Waals surface area contributed by atoms with Gasteiger partial charge in [-0.1, -0.05) is 71.4 Å². The zero-order valence-electron chi connectivity index (χ0n) is 16.4. The Kier molecular flexibility index (Phi) is 6.35. The predicted molar refractivity (Wildman–Crippen MR) is 124 cm³/mol. The SMILES string of the molecule is O=C(Nc1ccccc1-c1cccc(/C=N/Oc2ccccc2)c1)c1cccnc1Cl. The standard InChI is InChI=1S/C25H18ClN3O2/c26-24-22(13-7-15-27-24)25(30)29-23-14-5-4-12-21(23)19-9-6-8-18(16-19)17-28-31-20-10-2-1-3-11-20/h1-17H,(H,29,30)/b28-17+. The Balaban J connectivity index is 1.56. The Morgan fingerprint density at radius 1 is 0.935 bits per heavy atom. The second kappa shape index (κ2) is 9.69. The first-order chi connectivity index (χ1) is 15.2. The average Bonchev–Trinajstić information content (AvgIpc) is 2.81. The van der Waals surface area contributed by atoms with Crippen molar-refractivity contribution in [1.29, 1.82) is 0 Å². The van der Waals surface area contributed by atoms with Crippen molar-refractivity contribution >= 4 is 29.4 Å². The van der Waals surface area contributed by atoms with Crippen LogP contribution in [0.3, 0.4) is 0 Å². The van der Waals surface area contributed by atoms with Crippen molar-refractivity contribution in [3.05, 3.63) is 113 Å². The van der Waals surface area contributed by atoms with Gasteiger partial charge in [0.1, 0.15) is 5.15 Å². The number of pyridine rings is 1. The summed E-state index contributed by atoms with van der Waals surface area (Å²) in [6, 6.07) is 28.0. The number of halogens is 1.